The van der Waals surface area contributed by atoms with Crippen molar-refractivity contribution in [3.63, 3.8) is 0 Å². The Hall–Kier alpha value is -0.900. The molecule has 0 saturated heterocycles. The van der Waals surface area contributed by atoms with Crippen LogP contribution in [-0.2, 0) is 6.42 Å². The molecule has 0 bridgehead atoms. The van der Waals surface area contributed by atoms with Gasteiger partial charge in [0.05, 0.1) is 0 Å². The first-order valence-electron chi connectivity index (χ1n) is 8.86. The molecule has 0 spiro atoms. The minimum Gasteiger partial charge on any atom is -0.330 e. The maximum absolute atomic E-state index is 5.75. The highest BCUT2D eigenvalue weighted by Crippen LogP contribution is 2.30. The van der Waals surface area contributed by atoms with Crippen LogP contribution in [0.1, 0.15) is 82.4 Å². The van der Waals surface area contributed by atoms with E-state index >= 15 is 0 Å². The first-order valence-corrected chi connectivity index (χ1v) is 8.86. The molecule has 2 rings (SSSR count). The fraction of sp³-hybridized carbons (Fsp3) is 0.882. The molecule has 1 fully saturated rings. The van der Waals surface area contributed by atoms with Crippen LogP contribution in [0.5, 0.6) is 0 Å². The molecule has 2 N–H and O–H groups in total. The third-order valence-electron chi connectivity index (χ3n) is 4.92. The Morgan fingerprint density at radius 2 is 1.90 bits per heavy atom. The number of rotatable bonds is 8. The molecule has 0 aliphatic heterocycles. The van der Waals surface area contributed by atoms with Crippen LogP contribution in [0.15, 0.2) is 0 Å². The lowest BCUT2D eigenvalue weighted by Gasteiger charge is -2.25. The van der Waals surface area contributed by atoms with Crippen molar-refractivity contribution in [2.45, 2.75) is 84.1 Å². The van der Waals surface area contributed by atoms with Crippen LogP contribution in [-0.4, -0.2) is 21.3 Å². The highest BCUT2D eigenvalue weighted by molar-refractivity contribution is 4.98. The van der Waals surface area contributed by atoms with Gasteiger partial charge in [-0.1, -0.05) is 39.0 Å². The highest BCUT2D eigenvalue weighted by Gasteiger charge is 2.21. The average Bonchev–Trinajstić information content (AvgIpc) is 2.87. The summed E-state index contributed by atoms with van der Waals surface area (Å²) in [6.45, 7) is 5.17. The molecule has 0 amide bonds. The summed E-state index contributed by atoms with van der Waals surface area (Å²) in [5.41, 5.74) is 5.75. The minimum atomic E-state index is 0.642. The molecule has 0 radical (unpaired) electrons. The van der Waals surface area contributed by atoms with Gasteiger partial charge in [0, 0.05) is 12.5 Å². The van der Waals surface area contributed by atoms with Gasteiger partial charge in [-0.05, 0) is 45.1 Å². The second kappa shape index (κ2) is 8.52. The highest BCUT2D eigenvalue weighted by atomic mass is 15.3. The maximum atomic E-state index is 5.75. The van der Waals surface area contributed by atoms with E-state index in [4.69, 9.17) is 5.73 Å². The Morgan fingerprint density at radius 3 is 2.57 bits per heavy atom. The Labute approximate surface area is 129 Å². The summed E-state index contributed by atoms with van der Waals surface area (Å²) in [6.07, 6.45) is 12.6. The maximum Gasteiger partial charge on any atom is 0.133 e. The smallest absolute Gasteiger partial charge is 0.133 e. The lowest BCUT2D eigenvalue weighted by atomic mass is 9.93. The van der Waals surface area contributed by atoms with Crippen LogP contribution in [0.3, 0.4) is 0 Å². The van der Waals surface area contributed by atoms with Crippen LogP contribution < -0.4 is 5.73 Å². The van der Waals surface area contributed by atoms with Crippen LogP contribution in [0.4, 0.5) is 0 Å². The van der Waals surface area contributed by atoms with E-state index in [1.54, 1.807) is 0 Å². The van der Waals surface area contributed by atoms with Gasteiger partial charge in [0.1, 0.15) is 11.6 Å². The molecular formula is C17H32N4. The quantitative estimate of drug-likeness (QED) is 0.793. The predicted molar refractivity (Wildman–Crippen MR) is 87.3 cm³/mol. The van der Waals surface area contributed by atoms with Gasteiger partial charge in [0.2, 0.25) is 0 Å². The zero-order valence-corrected chi connectivity index (χ0v) is 13.9. The molecule has 1 aliphatic rings. The number of hydrogen-bond acceptors (Lipinski definition) is 3. The molecule has 21 heavy (non-hydrogen) atoms. The lowest BCUT2D eigenvalue weighted by molar-refractivity contribution is 0.335. The Bertz CT molecular complexity index is 401. The minimum absolute atomic E-state index is 0.642. The monoisotopic (exact) mass is 292 g/mol. The van der Waals surface area contributed by atoms with Crippen molar-refractivity contribution in [1.29, 1.82) is 0 Å². The van der Waals surface area contributed by atoms with Crippen molar-refractivity contribution in [2.24, 2.45) is 11.7 Å². The van der Waals surface area contributed by atoms with Gasteiger partial charge in [0.25, 0.3) is 0 Å². The summed E-state index contributed by atoms with van der Waals surface area (Å²) in [5, 5.41) is 8.81. The third kappa shape index (κ3) is 4.53. The molecular weight excluding hydrogens is 260 g/mol. The zero-order chi connectivity index (χ0) is 15.1. The van der Waals surface area contributed by atoms with E-state index in [0.717, 1.165) is 31.1 Å². The number of hydrogen-bond donors (Lipinski definition) is 1. The molecule has 0 aromatic carbocycles. The van der Waals surface area contributed by atoms with Crippen LogP contribution >= 0.6 is 0 Å². The summed E-state index contributed by atoms with van der Waals surface area (Å²) >= 11 is 0. The summed E-state index contributed by atoms with van der Waals surface area (Å²) in [6, 6.07) is 0.642. The first kappa shape index (κ1) is 16.5. The van der Waals surface area contributed by atoms with Gasteiger partial charge in [-0.25, -0.2) is 0 Å². The van der Waals surface area contributed by atoms with Gasteiger partial charge in [-0.2, -0.15) is 0 Å². The topological polar surface area (TPSA) is 56.7 Å². The SMILES string of the molecule is CCCC(CCN)CCc1nnc(C)n1C1CCCCC1. The third-order valence-corrected chi connectivity index (χ3v) is 4.92. The van der Waals surface area contributed by atoms with Crippen LogP contribution in [0, 0.1) is 12.8 Å². The van der Waals surface area contributed by atoms with Crippen molar-refractivity contribution < 1.29 is 0 Å². The standard InChI is InChI=1S/C17H32N4/c1-3-7-15(12-13-18)10-11-17-20-19-14(2)21(17)16-8-5-4-6-9-16/h15-16H,3-13,18H2,1-2H3. The summed E-state index contributed by atoms with van der Waals surface area (Å²) in [5.74, 6) is 3.05. The van der Waals surface area contributed by atoms with Crippen molar-refractivity contribution in [1.82, 2.24) is 14.8 Å². The van der Waals surface area contributed by atoms with Gasteiger partial charge < -0.3 is 10.3 Å². The molecule has 1 unspecified atom stereocenters. The predicted octanol–water partition coefficient (Wildman–Crippen LogP) is 3.79. The van der Waals surface area contributed by atoms with Crippen molar-refractivity contribution in [3.05, 3.63) is 11.6 Å². The summed E-state index contributed by atoms with van der Waals surface area (Å²) in [4.78, 5) is 0. The summed E-state index contributed by atoms with van der Waals surface area (Å²) in [7, 11) is 0. The largest absolute Gasteiger partial charge is 0.330 e. The molecule has 1 atom stereocenters. The molecule has 4 heteroatoms. The van der Waals surface area contributed by atoms with Gasteiger partial charge >= 0.3 is 0 Å². The van der Waals surface area contributed by atoms with Gasteiger partial charge in [-0.3, -0.25) is 0 Å². The summed E-state index contributed by atoms with van der Waals surface area (Å²) < 4.78 is 2.44. The van der Waals surface area contributed by atoms with Gasteiger partial charge in [-0.15, -0.1) is 10.2 Å². The second-order valence-corrected chi connectivity index (χ2v) is 6.60. The van der Waals surface area contributed by atoms with Crippen molar-refractivity contribution >= 4 is 0 Å². The van der Waals surface area contributed by atoms with Gasteiger partial charge in [0.15, 0.2) is 0 Å². The fourth-order valence-corrected chi connectivity index (χ4v) is 3.81. The number of nitrogens with two attached hydrogens (primary N) is 1. The molecule has 1 heterocycles. The van der Waals surface area contributed by atoms with Crippen molar-refractivity contribution in [2.75, 3.05) is 6.54 Å². The lowest BCUT2D eigenvalue weighted by Crippen LogP contribution is -2.18. The molecule has 4 nitrogen and oxygen atoms in total. The van der Waals surface area contributed by atoms with E-state index < -0.39 is 0 Å². The Kier molecular flexibility index (Phi) is 6.68. The normalized spacial score (nSPS) is 18.0. The Balaban J connectivity index is 1.99. The zero-order valence-electron chi connectivity index (χ0n) is 13.9. The number of nitrogens with zero attached hydrogens (tertiary/aromatic N) is 3. The Morgan fingerprint density at radius 1 is 1.14 bits per heavy atom. The molecule has 1 aliphatic carbocycles. The van der Waals surface area contributed by atoms with Crippen molar-refractivity contribution in [3.8, 4) is 0 Å². The van der Waals surface area contributed by atoms with E-state index in [1.807, 2.05) is 0 Å². The molecule has 1 saturated carbocycles. The molecule has 120 valence electrons. The first-order chi connectivity index (χ1) is 10.3. The van der Waals surface area contributed by atoms with Crippen LogP contribution in [0.2, 0.25) is 0 Å². The molecule has 1 aromatic heterocycles. The van der Waals surface area contributed by atoms with Crippen LogP contribution in [0.25, 0.3) is 0 Å². The van der Waals surface area contributed by atoms with E-state index in [1.165, 1.54) is 57.2 Å². The van der Waals surface area contributed by atoms with E-state index in [2.05, 4.69) is 28.6 Å². The number of aromatic nitrogens is 3. The van der Waals surface area contributed by atoms with E-state index in [0.29, 0.717) is 6.04 Å². The molecule has 1 aromatic rings. The second-order valence-electron chi connectivity index (χ2n) is 6.60. The fourth-order valence-electron chi connectivity index (χ4n) is 3.81. The number of aryl methyl sites for hydroxylation is 2. The van der Waals surface area contributed by atoms with E-state index in [-0.39, 0.29) is 0 Å². The average molecular weight is 292 g/mol. The van der Waals surface area contributed by atoms with E-state index in [9.17, 15) is 0 Å².